The van der Waals surface area contributed by atoms with E-state index in [1.165, 1.54) is 24.4 Å². The maximum atomic E-state index is 10.9. The molecule has 0 atom stereocenters. The number of anilines is 1. The van der Waals surface area contributed by atoms with Gasteiger partial charge in [-0.2, -0.15) is 5.10 Å². The van der Waals surface area contributed by atoms with E-state index in [0.717, 1.165) is 10.9 Å². The van der Waals surface area contributed by atoms with Gasteiger partial charge in [0.1, 0.15) is 10.9 Å². The molecule has 8 heteroatoms. The summed E-state index contributed by atoms with van der Waals surface area (Å²) in [6.07, 6.45) is 1.47. The summed E-state index contributed by atoms with van der Waals surface area (Å²) in [7, 11) is 1.58. The van der Waals surface area contributed by atoms with Crippen LogP contribution in [0.3, 0.4) is 0 Å². The van der Waals surface area contributed by atoms with E-state index in [9.17, 15) is 9.90 Å². The van der Waals surface area contributed by atoms with Gasteiger partial charge in [0, 0.05) is 10.9 Å². The number of pyridine rings is 1. The van der Waals surface area contributed by atoms with E-state index in [2.05, 4.69) is 15.5 Å². The second-order valence-electron chi connectivity index (χ2n) is 5.28. The Balaban J connectivity index is 1.87. The molecule has 1 N–H and O–H groups in total. The van der Waals surface area contributed by atoms with Gasteiger partial charge in [0.15, 0.2) is 0 Å². The molecule has 0 aliphatic carbocycles. The van der Waals surface area contributed by atoms with Gasteiger partial charge >= 0.3 is 0 Å². The van der Waals surface area contributed by atoms with Crippen molar-refractivity contribution in [2.75, 3.05) is 12.5 Å². The number of carboxylic acid groups (broad SMARTS) is 1. The molecule has 0 unspecified atom stereocenters. The van der Waals surface area contributed by atoms with Crippen molar-refractivity contribution in [3.8, 4) is 5.75 Å². The number of carbonyl (C=O) groups is 1. The maximum absolute atomic E-state index is 10.9. The molecule has 3 aromatic rings. The molecule has 132 valence electrons. The smallest absolute Gasteiger partial charge is 0.138 e. The SMILES string of the molecule is COc1ccc2nc(Cl)c(/C=N\Nc3cc(C(=O)[O-])ccc3Cl)cc2c1. The van der Waals surface area contributed by atoms with Crippen molar-refractivity contribution in [1.29, 1.82) is 0 Å². The summed E-state index contributed by atoms with van der Waals surface area (Å²) in [5, 5.41) is 16.4. The Kier molecular flexibility index (Phi) is 5.25. The monoisotopic (exact) mass is 388 g/mol. The van der Waals surface area contributed by atoms with E-state index in [4.69, 9.17) is 27.9 Å². The van der Waals surface area contributed by atoms with Crippen LogP contribution in [-0.2, 0) is 0 Å². The van der Waals surface area contributed by atoms with Crippen LogP contribution < -0.4 is 15.3 Å². The average Bonchev–Trinajstić information content (AvgIpc) is 2.63. The first-order valence-corrected chi connectivity index (χ1v) is 8.18. The Labute approximate surface area is 159 Å². The minimum absolute atomic E-state index is 0.00963. The van der Waals surface area contributed by atoms with Crippen molar-refractivity contribution in [1.82, 2.24) is 4.98 Å². The van der Waals surface area contributed by atoms with Crippen LogP contribution >= 0.6 is 23.2 Å². The molecular weight excluding hydrogens is 377 g/mol. The van der Waals surface area contributed by atoms with Crippen LogP contribution in [0.5, 0.6) is 5.75 Å². The number of aromatic nitrogens is 1. The third kappa shape index (κ3) is 3.87. The number of methoxy groups -OCH3 is 1. The highest BCUT2D eigenvalue weighted by molar-refractivity contribution is 6.33. The number of fused-ring (bicyclic) bond motifs is 1. The summed E-state index contributed by atoms with van der Waals surface area (Å²) >= 11 is 12.2. The van der Waals surface area contributed by atoms with Crippen molar-refractivity contribution in [3.63, 3.8) is 0 Å². The topological polar surface area (TPSA) is 86.6 Å². The number of carbonyl (C=O) groups excluding carboxylic acids is 1. The first-order valence-electron chi connectivity index (χ1n) is 7.42. The van der Waals surface area contributed by atoms with Crippen LogP contribution in [0.1, 0.15) is 15.9 Å². The number of benzene rings is 2. The number of halogens is 2. The number of nitrogens with zero attached hydrogens (tertiary/aromatic N) is 2. The number of hydrazone groups is 1. The van der Waals surface area contributed by atoms with Gasteiger partial charge in [-0.1, -0.05) is 29.3 Å². The van der Waals surface area contributed by atoms with Crippen LogP contribution in [0.2, 0.25) is 10.2 Å². The number of hydrogen-bond acceptors (Lipinski definition) is 6. The third-order valence-corrected chi connectivity index (χ3v) is 4.23. The molecule has 2 aromatic carbocycles. The predicted molar refractivity (Wildman–Crippen MR) is 100 cm³/mol. The lowest BCUT2D eigenvalue weighted by molar-refractivity contribution is -0.255. The van der Waals surface area contributed by atoms with Gasteiger partial charge in [0.25, 0.3) is 0 Å². The summed E-state index contributed by atoms with van der Waals surface area (Å²) in [6, 6.07) is 11.4. The summed E-state index contributed by atoms with van der Waals surface area (Å²) in [5.41, 5.74) is 4.31. The minimum Gasteiger partial charge on any atom is -0.545 e. The molecule has 0 radical (unpaired) electrons. The quantitative estimate of drug-likeness (QED) is 0.411. The molecule has 6 nitrogen and oxygen atoms in total. The second-order valence-corrected chi connectivity index (χ2v) is 6.04. The number of carboxylic acids is 1. The lowest BCUT2D eigenvalue weighted by atomic mass is 10.1. The lowest BCUT2D eigenvalue weighted by Crippen LogP contribution is -2.22. The number of rotatable bonds is 5. The van der Waals surface area contributed by atoms with Gasteiger partial charge < -0.3 is 14.6 Å². The lowest BCUT2D eigenvalue weighted by Gasteiger charge is -2.08. The highest BCUT2D eigenvalue weighted by atomic mass is 35.5. The zero-order chi connectivity index (χ0) is 18.7. The Morgan fingerprint density at radius 1 is 1.23 bits per heavy atom. The number of hydrogen-bond donors (Lipinski definition) is 1. The van der Waals surface area contributed by atoms with Gasteiger partial charge in [-0.15, -0.1) is 0 Å². The normalized spacial score (nSPS) is 11.0. The van der Waals surface area contributed by atoms with Gasteiger partial charge in [-0.05, 0) is 42.0 Å². The predicted octanol–water partition coefficient (Wildman–Crippen LogP) is 3.36. The van der Waals surface area contributed by atoms with Gasteiger partial charge in [0.2, 0.25) is 0 Å². The molecule has 0 saturated carbocycles. The van der Waals surface area contributed by atoms with Crippen LogP contribution in [0, 0.1) is 0 Å². The standard InChI is InChI=1S/C18H13Cl2N3O3/c1-26-13-3-5-15-11(7-13)6-12(17(20)22-15)9-21-23-16-8-10(18(24)25)2-4-14(16)19/h2-9,23H,1H3,(H,24,25)/p-1/b21-9-. The zero-order valence-electron chi connectivity index (χ0n) is 13.5. The highest BCUT2D eigenvalue weighted by Gasteiger charge is 2.05. The molecule has 3 rings (SSSR count). The third-order valence-electron chi connectivity index (χ3n) is 3.59. The Morgan fingerprint density at radius 2 is 2.04 bits per heavy atom. The second kappa shape index (κ2) is 7.59. The van der Waals surface area contributed by atoms with E-state index in [1.807, 2.05) is 18.2 Å². The first-order chi connectivity index (χ1) is 12.5. The fraction of sp³-hybridized carbons (Fsp3) is 0.0556. The van der Waals surface area contributed by atoms with E-state index in [-0.39, 0.29) is 10.7 Å². The molecule has 0 fully saturated rings. The van der Waals surface area contributed by atoms with E-state index in [0.29, 0.717) is 22.0 Å². The summed E-state index contributed by atoms with van der Waals surface area (Å²) < 4.78 is 5.20. The molecule has 0 bridgehead atoms. The molecule has 0 spiro atoms. The maximum Gasteiger partial charge on any atom is 0.138 e. The van der Waals surface area contributed by atoms with Crippen molar-refractivity contribution in [2.24, 2.45) is 5.10 Å². The van der Waals surface area contributed by atoms with Gasteiger partial charge in [-0.3, -0.25) is 5.43 Å². The average molecular weight is 389 g/mol. The van der Waals surface area contributed by atoms with Crippen LogP contribution in [0.25, 0.3) is 10.9 Å². The van der Waals surface area contributed by atoms with Gasteiger partial charge in [-0.25, -0.2) is 4.98 Å². The fourth-order valence-electron chi connectivity index (χ4n) is 2.27. The zero-order valence-corrected chi connectivity index (χ0v) is 15.0. The molecular formula is C18H12Cl2N3O3-. The summed E-state index contributed by atoms with van der Waals surface area (Å²) in [5.74, 6) is -0.599. The summed E-state index contributed by atoms with van der Waals surface area (Å²) in [4.78, 5) is 15.2. The molecule has 0 aliphatic heterocycles. The van der Waals surface area contributed by atoms with Crippen LogP contribution in [0.4, 0.5) is 5.69 Å². The molecule has 1 aromatic heterocycles. The highest BCUT2D eigenvalue weighted by Crippen LogP contribution is 2.25. The van der Waals surface area contributed by atoms with Crippen molar-refractivity contribution >= 4 is 52.0 Å². The first kappa shape index (κ1) is 18.0. The van der Waals surface area contributed by atoms with Gasteiger partial charge in [0.05, 0.1) is 35.5 Å². The number of ether oxygens (including phenoxy) is 1. The molecule has 0 amide bonds. The molecule has 0 saturated heterocycles. The van der Waals surface area contributed by atoms with Crippen molar-refractivity contribution in [2.45, 2.75) is 0 Å². The van der Waals surface area contributed by atoms with E-state index < -0.39 is 5.97 Å². The Hall–Kier alpha value is -2.83. The van der Waals surface area contributed by atoms with E-state index >= 15 is 0 Å². The van der Waals surface area contributed by atoms with Crippen molar-refractivity contribution < 1.29 is 14.6 Å². The molecule has 1 heterocycles. The van der Waals surface area contributed by atoms with Crippen LogP contribution in [0.15, 0.2) is 47.6 Å². The Morgan fingerprint density at radius 3 is 2.77 bits per heavy atom. The Bertz CT molecular complexity index is 1020. The van der Waals surface area contributed by atoms with Crippen LogP contribution in [-0.4, -0.2) is 24.3 Å². The number of nitrogens with one attached hydrogen (secondary N) is 1. The summed E-state index contributed by atoms with van der Waals surface area (Å²) in [6.45, 7) is 0. The van der Waals surface area contributed by atoms with Crippen molar-refractivity contribution in [3.05, 3.63) is 63.8 Å². The largest absolute Gasteiger partial charge is 0.545 e. The van der Waals surface area contributed by atoms with E-state index in [1.54, 1.807) is 13.2 Å². The molecule has 26 heavy (non-hydrogen) atoms. The number of aromatic carboxylic acids is 1. The fourth-order valence-corrected chi connectivity index (χ4v) is 2.63. The molecule has 0 aliphatic rings. The minimum atomic E-state index is -1.30.